The number of methoxy groups -OCH3 is 1. The number of hydrogen-bond acceptors (Lipinski definition) is 3. The van der Waals surface area contributed by atoms with Crippen LogP contribution in [0.4, 0.5) is 5.69 Å². The largest absolute Gasteiger partial charge is 0.497 e. The van der Waals surface area contributed by atoms with E-state index in [1.54, 1.807) is 19.2 Å². The van der Waals surface area contributed by atoms with Gasteiger partial charge in [-0.2, -0.15) is 0 Å². The summed E-state index contributed by atoms with van der Waals surface area (Å²) in [5, 5.41) is 4.51. The molecule has 0 saturated heterocycles. The second-order valence-electron chi connectivity index (χ2n) is 4.88. The van der Waals surface area contributed by atoms with E-state index in [0.29, 0.717) is 23.3 Å². The summed E-state index contributed by atoms with van der Waals surface area (Å²) in [4.78, 5) is 1.93. The fourth-order valence-corrected chi connectivity index (χ4v) is 2.16. The van der Waals surface area contributed by atoms with E-state index < -0.39 is 0 Å². The van der Waals surface area contributed by atoms with E-state index in [-0.39, 0.29) is 0 Å². The van der Waals surface area contributed by atoms with Gasteiger partial charge < -0.3 is 19.7 Å². The first-order valence-electron chi connectivity index (χ1n) is 7.13. The van der Waals surface area contributed by atoms with Gasteiger partial charge >= 0.3 is 0 Å². The summed E-state index contributed by atoms with van der Waals surface area (Å²) >= 11 is 11.2. The van der Waals surface area contributed by atoms with Crippen LogP contribution in [0, 0.1) is 0 Å². The van der Waals surface area contributed by atoms with Crippen LogP contribution >= 0.6 is 23.8 Å². The van der Waals surface area contributed by atoms with E-state index >= 15 is 0 Å². The molecule has 2 aromatic carbocycles. The molecule has 0 amide bonds. The molecule has 0 saturated carbocycles. The third kappa shape index (κ3) is 5.62. The maximum absolute atomic E-state index is 5.84. The number of nitrogens with one attached hydrogen (secondary N) is 1. The number of benzene rings is 2. The van der Waals surface area contributed by atoms with Crippen LogP contribution in [-0.2, 0) is 0 Å². The van der Waals surface area contributed by atoms with Gasteiger partial charge in [0.05, 0.1) is 13.7 Å². The SMILES string of the molecule is COc1ccc(NC(=S)N(C)CCOc2ccc(Cl)cc2)cc1. The molecule has 122 valence electrons. The number of halogens is 1. The zero-order valence-corrected chi connectivity index (χ0v) is 14.7. The van der Waals surface area contributed by atoms with Gasteiger partial charge in [-0.25, -0.2) is 0 Å². The topological polar surface area (TPSA) is 33.7 Å². The van der Waals surface area contributed by atoms with Gasteiger partial charge in [0.1, 0.15) is 18.1 Å². The Hall–Kier alpha value is -1.98. The second-order valence-corrected chi connectivity index (χ2v) is 5.71. The normalized spacial score (nSPS) is 10.0. The first-order chi connectivity index (χ1) is 11.1. The van der Waals surface area contributed by atoms with Gasteiger partial charge in [0.15, 0.2) is 5.11 Å². The van der Waals surface area contributed by atoms with Gasteiger partial charge in [-0.15, -0.1) is 0 Å². The minimum Gasteiger partial charge on any atom is -0.497 e. The van der Waals surface area contributed by atoms with Gasteiger partial charge in [-0.05, 0) is 60.7 Å². The molecule has 0 atom stereocenters. The summed E-state index contributed by atoms with van der Waals surface area (Å²) in [6.07, 6.45) is 0. The monoisotopic (exact) mass is 350 g/mol. The number of hydrogen-bond donors (Lipinski definition) is 1. The predicted octanol–water partition coefficient (Wildman–Crippen LogP) is 4.06. The number of likely N-dealkylation sites (N-methyl/N-ethyl adjacent to an activating group) is 1. The fourth-order valence-electron chi connectivity index (χ4n) is 1.83. The third-order valence-corrected chi connectivity index (χ3v) is 3.86. The Morgan fingerprint density at radius 2 is 1.70 bits per heavy atom. The van der Waals surface area contributed by atoms with Crippen LogP contribution < -0.4 is 14.8 Å². The molecule has 23 heavy (non-hydrogen) atoms. The lowest BCUT2D eigenvalue weighted by atomic mass is 10.3. The lowest BCUT2D eigenvalue weighted by Crippen LogP contribution is -2.34. The van der Waals surface area contributed by atoms with Gasteiger partial charge in [-0.1, -0.05) is 11.6 Å². The van der Waals surface area contributed by atoms with E-state index in [2.05, 4.69) is 5.32 Å². The molecule has 0 aliphatic rings. The maximum atomic E-state index is 5.84. The molecule has 0 aliphatic carbocycles. The minimum atomic E-state index is 0.530. The minimum absolute atomic E-state index is 0.530. The van der Waals surface area contributed by atoms with Gasteiger partial charge in [-0.3, -0.25) is 0 Å². The van der Waals surface area contributed by atoms with Crippen LogP contribution in [0.2, 0.25) is 5.02 Å². The summed E-state index contributed by atoms with van der Waals surface area (Å²) in [5.74, 6) is 1.60. The number of thiocarbonyl (C=S) groups is 1. The molecule has 0 bridgehead atoms. The van der Waals surface area contributed by atoms with Crippen LogP contribution in [0.3, 0.4) is 0 Å². The van der Waals surface area contributed by atoms with Crippen molar-refractivity contribution in [3.8, 4) is 11.5 Å². The van der Waals surface area contributed by atoms with Crippen molar-refractivity contribution in [3.05, 3.63) is 53.6 Å². The van der Waals surface area contributed by atoms with Gasteiger partial charge in [0.25, 0.3) is 0 Å². The number of ether oxygens (including phenoxy) is 2. The summed E-state index contributed by atoms with van der Waals surface area (Å²) in [6.45, 7) is 1.20. The Kier molecular flexibility index (Phi) is 6.50. The number of nitrogens with zero attached hydrogens (tertiary/aromatic N) is 1. The molecule has 2 aromatic rings. The third-order valence-electron chi connectivity index (χ3n) is 3.20. The average Bonchev–Trinajstić information content (AvgIpc) is 2.57. The summed E-state index contributed by atoms with van der Waals surface area (Å²) in [6, 6.07) is 14.9. The molecule has 4 nitrogen and oxygen atoms in total. The molecule has 0 heterocycles. The molecule has 1 N–H and O–H groups in total. The molecule has 0 fully saturated rings. The summed E-state index contributed by atoms with van der Waals surface area (Å²) < 4.78 is 10.8. The second kappa shape index (κ2) is 8.60. The Balaban J connectivity index is 1.76. The lowest BCUT2D eigenvalue weighted by molar-refractivity contribution is 0.285. The maximum Gasteiger partial charge on any atom is 0.173 e. The zero-order chi connectivity index (χ0) is 16.7. The van der Waals surface area contributed by atoms with Crippen molar-refractivity contribution in [2.45, 2.75) is 0 Å². The average molecular weight is 351 g/mol. The Bertz CT molecular complexity index is 632. The highest BCUT2D eigenvalue weighted by Gasteiger charge is 2.05. The summed E-state index contributed by atoms with van der Waals surface area (Å²) in [7, 11) is 3.56. The smallest absolute Gasteiger partial charge is 0.173 e. The molecular formula is C17H19ClN2O2S. The molecule has 0 radical (unpaired) electrons. The molecule has 0 spiro atoms. The van der Waals surface area contributed by atoms with Crippen molar-refractivity contribution in [1.82, 2.24) is 4.90 Å². The molecule has 6 heteroatoms. The highest BCUT2D eigenvalue weighted by Crippen LogP contribution is 2.16. The highest BCUT2D eigenvalue weighted by molar-refractivity contribution is 7.80. The van der Waals surface area contributed by atoms with Crippen molar-refractivity contribution in [2.24, 2.45) is 0 Å². The Labute approximate surface area is 147 Å². The van der Waals surface area contributed by atoms with E-state index in [1.807, 2.05) is 48.3 Å². The standard InChI is InChI=1S/C17H19ClN2O2S/c1-20(11-12-22-16-7-3-13(18)4-8-16)17(23)19-14-5-9-15(21-2)10-6-14/h3-10H,11-12H2,1-2H3,(H,19,23). The van der Waals surface area contributed by atoms with Crippen molar-refractivity contribution >= 4 is 34.6 Å². The van der Waals surface area contributed by atoms with Gasteiger partial charge in [0.2, 0.25) is 0 Å². The van der Waals surface area contributed by atoms with Crippen LogP contribution in [0.1, 0.15) is 0 Å². The first kappa shape index (κ1) is 17.4. The van der Waals surface area contributed by atoms with Crippen LogP contribution in [-0.4, -0.2) is 37.3 Å². The first-order valence-corrected chi connectivity index (χ1v) is 7.91. The fraction of sp³-hybridized carbons (Fsp3) is 0.235. The number of anilines is 1. The van der Waals surface area contributed by atoms with E-state index in [1.165, 1.54) is 0 Å². The number of rotatable bonds is 6. The van der Waals surface area contributed by atoms with Crippen molar-refractivity contribution in [1.29, 1.82) is 0 Å². The van der Waals surface area contributed by atoms with Crippen LogP contribution in [0.5, 0.6) is 11.5 Å². The Morgan fingerprint density at radius 1 is 1.09 bits per heavy atom. The lowest BCUT2D eigenvalue weighted by Gasteiger charge is -2.21. The molecule has 2 rings (SSSR count). The van der Waals surface area contributed by atoms with Gasteiger partial charge in [0, 0.05) is 17.8 Å². The van der Waals surface area contributed by atoms with Crippen molar-refractivity contribution < 1.29 is 9.47 Å². The predicted molar refractivity (Wildman–Crippen MR) is 98.8 cm³/mol. The van der Waals surface area contributed by atoms with Crippen molar-refractivity contribution in [2.75, 3.05) is 32.6 Å². The van der Waals surface area contributed by atoms with E-state index in [4.69, 9.17) is 33.3 Å². The van der Waals surface area contributed by atoms with Crippen LogP contribution in [0.25, 0.3) is 0 Å². The quantitative estimate of drug-likeness (QED) is 0.795. The molecule has 0 aliphatic heterocycles. The van der Waals surface area contributed by atoms with Crippen LogP contribution in [0.15, 0.2) is 48.5 Å². The Morgan fingerprint density at radius 3 is 2.30 bits per heavy atom. The van der Waals surface area contributed by atoms with E-state index in [9.17, 15) is 0 Å². The highest BCUT2D eigenvalue weighted by atomic mass is 35.5. The van der Waals surface area contributed by atoms with Crippen molar-refractivity contribution in [3.63, 3.8) is 0 Å². The summed E-state index contributed by atoms with van der Waals surface area (Å²) in [5.41, 5.74) is 0.918. The molecular weight excluding hydrogens is 332 g/mol. The molecule has 0 unspecified atom stereocenters. The zero-order valence-electron chi connectivity index (χ0n) is 13.1. The molecule has 0 aromatic heterocycles. The van der Waals surface area contributed by atoms with E-state index in [0.717, 1.165) is 17.2 Å².